The molecule has 1 nitrogen and oxygen atoms in total. The van der Waals surface area contributed by atoms with Crippen molar-refractivity contribution >= 4 is 66.4 Å². The lowest BCUT2D eigenvalue weighted by Crippen LogP contribution is -2.24. The lowest BCUT2D eigenvalue weighted by atomic mass is 10.0. The van der Waals surface area contributed by atoms with Crippen LogP contribution in [0, 0.1) is 0 Å². The first-order chi connectivity index (χ1) is 10.0. The maximum Gasteiger partial charge on any atom is 0.0758 e. The van der Waals surface area contributed by atoms with Gasteiger partial charge in [-0.15, -0.1) is 11.3 Å². The summed E-state index contributed by atoms with van der Waals surface area (Å²) in [7, 11) is 0. The Morgan fingerprint density at radius 1 is 1.29 bits per heavy atom. The Morgan fingerprint density at radius 2 is 2.05 bits per heavy atom. The van der Waals surface area contributed by atoms with Crippen molar-refractivity contribution in [2.45, 2.75) is 25.8 Å². The minimum Gasteiger partial charge on any atom is -0.310 e. The van der Waals surface area contributed by atoms with Gasteiger partial charge in [0, 0.05) is 6.04 Å². The molecule has 21 heavy (non-hydrogen) atoms. The Labute approximate surface area is 156 Å². The van der Waals surface area contributed by atoms with Gasteiger partial charge in [-0.25, -0.2) is 0 Å². The summed E-state index contributed by atoms with van der Waals surface area (Å²) in [5.41, 5.74) is 2.31. The predicted molar refractivity (Wildman–Crippen MR) is 101 cm³/mol. The summed E-state index contributed by atoms with van der Waals surface area (Å²) >= 11 is 21.3. The molecular formula is C15H15Br2Cl2NS. The van der Waals surface area contributed by atoms with Crippen molar-refractivity contribution in [3.8, 4) is 0 Å². The zero-order valence-corrected chi connectivity index (χ0v) is 16.9. The summed E-state index contributed by atoms with van der Waals surface area (Å²) in [4.78, 5) is 0. The molecule has 1 N–H and O–H groups in total. The van der Waals surface area contributed by atoms with E-state index in [9.17, 15) is 0 Å². The topological polar surface area (TPSA) is 12.0 Å². The van der Waals surface area contributed by atoms with E-state index in [0.717, 1.165) is 32.5 Å². The second-order valence-corrected chi connectivity index (χ2v) is 9.24. The van der Waals surface area contributed by atoms with Gasteiger partial charge in [0.15, 0.2) is 0 Å². The number of hydrogen-bond donors (Lipinski definition) is 1. The van der Waals surface area contributed by atoms with E-state index in [1.807, 2.05) is 18.2 Å². The summed E-state index contributed by atoms with van der Waals surface area (Å²) in [5.74, 6) is 0. The molecule has 0 bridgehead atoms. The van der Waals surface area contributed by atoms with E-state index in [4.69, 9.17) is 23.2 Å². The third-order valence-corrected chi connectivity index (χ3v) is 6.40. The smallest absolute Gasteiger partial charge is 0.0758 e. The van der Waals surface area contributed by atoms with Gasteiger partial charge in [-0.3, -0.25) is 0 Å². The minimum atomic E-state index is 0.206. The van der Waals surface area contributed by atoms with E-state index in [1.165, 1.54) is 5.56 Å². The molecule has 0 spiro atoms. The molecule has 0 radical (unpaired) electrons. The average molecular weight is 472 g/mol. The first-order valence-electron chi connectivity index (χ1n) is 6.64. The second kappa shape index (κ2) is 8.32. The molecule has 1 unspecified atom stereocenters. The zero-order chi connectivity index (χ0) is 15.4. The van der Waals surface area contributed by atoms with Gasteiger partial charge < -0.3 is 5.32 Å². The molecule has 2 aromatic rings. The maximum atomic E-state index is 6.33. The van der Waals surface area contributed by atoms with Gasteiger partial charge in [0.05, 0.1) is 17.6 Å². The quantitative estimate of drug-likeness (QED) is 0.485. The van der Waals surface area contributed by atoms with Crippen molar-refractivity contribution < 1.29 is 0 Å². The number of benzene rings is 1. The molecule has 1 aromatic heterocycles. The van der Waals surface area contributed by atoms with Gasteiger partial charge in [0.2, 0.25) is 0 Å². The monoisotopic (exact) mass is 469 g/mol. The third kappa shape index (κ3) is 4.69. The fourth-order valence-electron chi connectivity index (χ4n) is 2.13. The molecule has 2 rings (SSSR count). The maximum absolute atomic E-state index is 6.33. The van der Waals surface area contributed by atoms with Gasteiger partial charge >= 0.3 is 0 Å². The second-order valence-electron chi connectivity index (χ2n) is 4.70. The van der Waals surface area contributed by atoms with Crippen molar-refractivity contribution in [3.05, 3.63) is 53.0 Å². The molecule has 0 aliphatic rings. The van der Waals surface area contributed by atoms with Crippen LogP contribution in [0.4, 0.5) is 0 Å². The molecule has 6 heteroatoms. The highest BCUT2D eigenvalue weighted by Gasteiger charge is 2.19. The van der Waals surface area contributed by atoms with Crippen LogP contribution in [0.15, 0.2) is 31.8 Å². The van der Waals surface area contributed by atoms with Crippen LogP contribution >= 0.6 is 66.4 Å². The molecule has 0 aliphatic heterocycles. The van der Waals surface area contributed by atoms with Crippen LogP contribution in [0.5, 0.6) is 0 Å². The fourth-order valence-corrected chi connectivity index (χ4v) is 5.50. The Kier molecular flexibility index (Phi) is 7.04. The van der Waals surface area contributed by atoms with E-state index in [2.05, 4.69) is 50.2 Å². The van der Waals surface area contributed by atoms with Gasteiger partial charge in [0.1, 0.15) is 0 Å². The number of thiophene rings is 1. The van der Waals surface area contributed by atoms with E-state index in [0.29, 0.717) is 10.0 Å². The lowest BCUT2D eigenvalue weighted by molar-refractivity contribution is 0.529. The molecule has 1 heterocycles. The van der Waals surface area contributed by atoms with Gasteiger partial charge in [-0.1, -0.05) is 42.3 Å². The van der Waals surface area contributed by atoms with Crippen LogP contribution in [0.2, 0.25) is 10.0 Å². The van der Waals surface area contributed by atoms with Crippen molar-refractivity contribution in [2.24, 2.45) is 0 Å². The van der Waals surface area contributed by atoms with Crippen LogP contribution in [0.1, 0.15) is 30.5 Å². The van der Waals surface area contributed by atoms with Crippen LogP contribution in [0.3, 0.4) is 0 Å². The summed E-state index contributed by atoms with van der Waals surface area (Å²) < 4.78 is 2.26. The van der Waals surface area contributed by atoms with Crippen molar-refractivity contribution in [2.75, 3.05) is 6.54 Å². The largest absolute Gasteiger partial charge is 0.310 e. The van der Waals surface area contributed by atoms with Crippen LogP contribution in [-0.4, -0.2) is 6.54 Å². The predicted octanol–water partition coefficient (Wildman–Crippen LogP) is 6.86. The summed E-state index contributed by atoms with van der Waals surface area (Å²) in [6.07, 6.45) is 1.89. The Hall–Kier alpha value is 0.420. The molecular weight excluding hydrogens is 457 g/mol. The van der Waals surface area contributed by atoms with E-state index in [1.54, 1.807) is 11.3 Å². The van der Waals surface area contributed by atoms with E-state index < -0.39 is 0 Å². The van der Waals surface area contributed by atoms with E-state index in [-0.39, 0.29) is 6.04 Å². The third-order valence-electron chi connectivity index (χ3n) is 3.15. The van der Waals surface area contributed by atoms with Gasteiger partial charge in [0.25, 0.3) is 0 Å². The highest BCUT2D eigenvalue weighted by atomic mass is 79.9. The summed E-state index contributed by atoms with van der Waals surface area (Å²) in [6.45, 7) is 3.12. The number of nitrogens with one attached hydrogen (secondary N) is 1. The Morgan fingerprint density at radius 3 is 2.67 bits per heavy atom. The summed E-state index contributed by atoms with van der Waals surface area (Å²) in [5, 5.41) is 4.84. The van der Waals surface area contributed by atoms with Gasteiger partial charge in [-0.2, -0.15) is 0 Å². The lowest BCUT2D eigenvalue weighted by Gasteiger charge is -2.19. The first-order valence-corrected chi connectivity index (χ1v) is 9.79. The van der Waals surface area contributed by atoms with Crippen LogP contribution in [-0.2, 0) is 6.42 Å². The zero-order valence-electron chi connectivity index (χ0n) is 11.4. The molecule has 0 fully saturated rings. The Bertz CT molecular complexity index is 616. The van der Waals surface area contributed by atoms with Gasteiger partial charge in [-0.05, 0) is 74.5 Å². The highest BCUT2D eigenvalue weighted by molar-refractivity contribution is 9.12. The molecule has 114 valence electrons. The Balaban J connectivity index is 2.28. The highest BCUT2D eigenvalue weighted by Crippen LogP contribution is 2.38. The van der Waals surface area contributed by atoms with Crippen molar-refractivity contribution in [3.63, 3.8) is 0 Å². The van der Waals surface area contributed by atoms with Crippen LogP contribution in [0.25, 0.3) is 0 Å². The molecule has 1 atom stereocenters. The molecule has 0 saturated carbocycles. The summed E-state index contributed by atoms with van der Waals surface area (Å²) in [6, 6.07) is 8.15. The normalized spacial score (nSPS) is 12.6. The minimum absolute atomic E-state index is 0.206. The standard InChI is InChI=1S/C15H15Br2Cl2NS/c1-2-6-20-12(10-8-13(16)21-15(10)17)7-9-4-3-5-11(18)14(9)19/h3-5,8,12,20H,2,6-7H2,1H3. The number of hydrogen-bond acceptors (Lipinski definition) is 2. The fraction of sp³-hybridized carbons (Fsp3) is 0.333. The van der Waals surface area contributed by atoms with Crippen LogP contribution < -0.4 is 5.32 Å². The van der Waals surface area contributed by atoms with E-state index >= 15 is 0 Å². The molecule has 1 aromatic carbocycles. The molecule has 0 amide bonds. The average Bonchev–Trinajstić information content (AvgIpc) is 2.78. The number of rotatable bonds is 6. The van der Waals surface area contributed by atoms with Crippen molar-refractivity contribution in [1.82, 2.24) is 5.32 Å². The molecule has 0 aliphatic carbocycles. The first kappa shape index (κ1) is 17.8. The SMILES string of the molecule is CCCNC(Cc1cccc(Cl)c1Cl)c1cc(Br)sc1Br. The van der Waals surface area contributed by atoms with Crippen molar-refractivity contribution in [1.29, 1.82) is 0 Å². The molecule has 0 saturated heterocycles. The number of halogens is 4.